The Labute approximate surface area is 126 Å². The minimum absolute atomic E-state index is 0.206. The predicted octanol–water partition coefficient (Wildman–Crippen LogP) is 1.79. The van der Waals surface area contributed by atoms with Crippen molar-refractivity contribution in [2.75, 3.05) is 6.54 Å². The van der Waals surface area contributed by atoms with Gasteiger partial charge in [0.1, 0.15) is 29.7 Å². The molecule has 1 aromatic carbocycles. The molecule has 22 heavy (non-hydrogen) atoms. The van der Waals surface area contributed by atoms with Crippen LogP contribution in [0.15, 0.2) is 43.0 Å². The number of nitrogens with one attached hydrogen (secondary N) is 1. The average Bonchev–Trinajstić information content (AvgIpc) is 3.05. The van der Waals surface area contributed by atoms with Gasteiger partial charge in [0.15, 0.2) is 0 Å². The Morgan fingerprint density at radius 2 is 2.18 bits per heavy atom. The lowest BCUT2D eigenvalue weighted by Crippen LogP contribution is -2.26. The number of rotatable bonds is 5. The summed E-state index contributed by atoms with van der Waals surface area (Å²) in [6, 6.07) is 7.98. The highest BCUT2D eigenvalue weighted by Gasteiger charge is 2.09. The van der Waals surface area contributed by atoms with Gasteiger partial charge in [-0.1, -0.05) is 18.2 Å². The number of hydrogen-bond donors (Lipinski definition) is 1. The third kappa shape index (κ3) is 3.08. The first-order chi connectivity index (χ1) is 10.7. The minimum atomic E-state index is -0.432. The number of benzene rings is 1. The number of hydrogen-bond acceptors (Lipinski definition) is 4. The van der Waals surface area contributed by atoms with Crippen molar-refractivity contribution in [1.29, 1.82) is 0 Å². The summed E-state index contributed by atoms with van der Waals surface area (Å²) in [6.45, 7) is 1.15. The quantitative estimate of drug-likeness (QED) is 0.729. The lowest BCUT2D eigenvalue weighted by Gasteiger charge is -2.06. The first-order valence-electron chi connectivity index (χ1n) is 6.90. The molecule has 7 heteroatoms. The minimum Gasteiger partial charge on any atom is -0.351 e. The Morgan fingerprint density at radius 3 is 3.00 bits per heavy atom. The molecule has 2 heterocycles. The zero-order valence-corrected chi connectivity index (χ0v) is 11.7. The number of amides is 1. The molecule has 0 aliphatic heterocycles. The lowest BCUT2D eigenvalue weighted by atomic mass is 10.2. The van der Waals surface area contributed by atoms with E-state index in [1.54, 1.807) is 35.3 Å². The van der Waals surface area contributed by atoms with Crippen molar-refractivity contribution >= 4 is 16.8 Å². The van der Waals surface area contributed by atoms with Crippen LogP contribution >= 0.6 is 0 Å². The number of halogens is 1. The molecule has 0 spiro atoms. The van der Waals surface area contributed by atoms with Crippen molar-refractivity contribution in [2.45, 2.75) is 13.0 Å². The second kappa shape index (κ2) is 6.30. The van der Waals surface area contributed by atoms with Gasteiger partial charge in [-0.2, -0.15) is 5.10 Å². The Hall–Kier alpha value is -2.83. The largest absolute Gasteiger partial charge is 0.351 e. The molecule has 3 rings (SSSR count). The van der Waals surface area contributed by atoms with Gasteiger partial charge in [-0.15, -0.1) is 0 Å². The van der Waals surface area contributed by atoms with Gasteiger partial charge in [0.2, 0.25) is 0 Å². The maximum atomic E-state index is 13.7. The molecule has 2 aromatic heterocycles. The summed E-state index contributed by atoms with van der Waals surface area (Å²) in [5.74, 6) is -0.748. The van der Waals surface area contributed by atoms with Gasteiger partial charge in [0, 0.05) is 18.5 Å². The van der Waals surface area contributed by atoms with Crippen LogP contribution < -0.4 is 5.32 Å². The van der Waals surface area contributed by atoms with Crippen molar-refractivity contribution in [3.8, 4) is 0 Å². The van der Waals surface area contributed by atoms with Gasteiger partial charge in [0.25, 0.3) is 5.91 Å². The number of carbonyl (C=O) groups is 1. The highest BCUT2D eigenvalue weighted by molar-refractivity contribution is 5.94. The van der Waals surface area contributed by atoms with E-state index >= 15 is 0 Å². The van der Waals surface area contributed by atoms with Gasteiger partial charge < -0.3 is 5.32 Å². The van der Waals surface area contributed by atoms with E-state index in [0.717, 1.165) is 6.42 Å². The fourth-order valence-corrected chi connectivity index (χ4v) is 2.12. The molecule has 6 nitrogen and oxygen atoms in total. The predicted molar refractivity (Wildman–Crippen MR) is 78.7 cm³/mol. The lowest BCUT2D eigenvalue weighted by molar-refractivity contribution is 0.0948. The number of fused-ring (bicyclic) bond motifs is 1. The third-order valence-corrected chi connectivity index (χ3v) is 3.22. The van der Waals surface area contributed by atoms with Gasteiger partial charge in [-0.25, -0.2) is 14.4 Å². The summed E-state index contributed by atoms with van der Waals surface area (Å²) in [7, 11) is 0. The molecule has 1 N–H and O–H groups in total. The summed E-state index contributed by atoms with van der Waals surface area (Å²) < 4.78 is 15.4. The number of pyridine rings is 1. The van der Waals surface area contributed by atoms with E-state index in [-0.39, 0.29) is 17.1 Å². The molecule has 3 aromatic rings. The smallest absolute Gasteiger partial charge is 0.269 e. The van der Waals surface area contributed by atoms with E-state index in [4.69, 9.17) is 0 Å². The number of aryl methyl sites for hydroxylation is 1. The number of nitrogens with zero attached hydrogens (tertiary/aromatic N) is 4. The van der Waals surface area contributed by atoms with Crippen LogP contribution in [0.25, 0.3) is 10.9 Å². The second-order valence-electron chi connectivity index (χ2n) is 4.78. The molecule has 0 saturated heterocycles. The molecular formula is C15H14FN5O. The van der Waals surface area contributed by atoms with Crippen LogP contribution in [-0.4, -0.2) is 32.2 Å². The van der Waals surface area contributed by atoms with E-state index in [1.807, 2.05) is 0 Å². The summed E-state index contributed by atoms with van der Waals surface area (Å²) in [5.41, 5.74) is 0.413. The van der Waals surface area contributed by atoms with Crippen molar-refractivity contribution in [3.05, 3.63) is 54.5 Å². The normalized spacial score (nSPS) is 10.8. The highest BCUT2D eigenvalue weighted by atomic mass is 19.1. The maximum absolute atomic E-state index is 13.7. The summed E-state index contributed by atoms with van der Waals surface area (Å²) in [4.78, 5) is 20.0. The van der Waals surface area contributed by atoms with Gasteiger partial charge >= 0.3 is 0 Å². The maximum Gasteiger partial charge on any atom is 0.269 e. The summed E-state index contributed by atoms with van der Waals surface area (Å²) >= 11 is 0. The molecule has 0 fully saturated rings. The summed E-state index contributed by atoms with van der Waals surface area (Å²) in [5, 5.41) is 7.40. The molecule has 0 unspecified atom stereocenters. The standard InChI is InChI=1S/C15H14FN5O/c16-12-4-1-3-11-5-6-13(20-14(11)12)15(22)18-7-2-8-21-10-17-9-19-21/h1,3-6,9-10H,2,7-8H2,(H,18,22). The van der Waals surface area contributed by atoms with Crippen molar-refractivity contribution in [2.24, 2.45) is 0 Å². The zero-order valence-electron chi connectivity index (χ0n) is 11.7. The van der Waals surface area contributed by atoms with Crippen molar-refractivity contribution in [1.82, 2.24) is 25.1 Å². The Morgan fingerprint density at radius 1 is 1.27 bits per heavy atom. The van der Waals surface area contributed by atoms with Crippen LogP contribution in [0, 0.1) is 5.82 Å². The molecular weight excluding hydrogens is 285 g/mol. The number of para-hydroxylation sites is 1. The molecule has 0 atom stereocenters. The monoisotopic (exact) mass is 299 g/mol. The highest BCUT2D eigenvalue weighted by Crippen LogP contribution is 2.15. The van der Waals surface area contributed by atoms with Crippen LogP contribution in [-0.2, 0) is 6.54 Å². The van der Waals surface area contributed by atoms with Crippen molar-refractivity contribution in [3.63, 3.8) is 0 Å². The fraction of sp³-hybridized carbons (Fsp3) is 0.200. The number of aromatic nitrogens is 4. The average molecular weight is 299 g/mol. The summed E-state index contributed by atoms with van der Waals surface area (Å²) in [6.07, 6.45) is 3.80. The molecule has 0 bridgehead atoms. The number of carbonyl (C=O) groups excluding carboxylic acids is 1. The molecule has 1 amide bonds. The Balaban J connectivity index is 1.61. The molecule has 112 valence electrons. The second-order valence-corrected chi connectivity index (χ2v) is 4.78. The SMILES string of the molecule is O=C(NCCCn1cncn1)c1ccc2cccc(F)c2n1. The van der Waals surface area contributed by atoms with Crippen LogP contribution in [0.1, 0.15) is 16.9 Å². The molecule has 0 radical (unpaired) electrons. The van der Waals surface area contributed by atoms with E-state index in [9.17, 15) is 9.18 Å². The molecule has 0 saturated carbocycles. The van der Waals surface area contributed by atoms with E-state index in [0.29, 0.717) is 18.5 Å². The first-order valence-corrected chi connectivity index (χ1v) is 6.90. The van der Waals surface area contributed by atoms with E-state index in [1.165, 1.54) is 12.4 Å². The van der Waals surface area contributed by atoms with E-state index < -0.39 is 5.82 Å². The van der Waals surface area contributed by atoms with Crippen LogP contribution in [0.4, 0.5) is 4.39 Å². The molecule has 0 aliphatic carbocycles. The topological polar surface area (TPSA) is 72.7 Å². The van der Waals surface area contributed by atoms with Gasteiger partial charge in [-0.05, 0) is 18.6 Å². The van der Waals surface area contributed by atoms with Crippen LogP contribution in [0.5, 0.6) is 0 Å². The van der Waals surface area contributed by atoms with Crippen LogP contribution in [0.2, 0.25) is 0 Å². The third-order valence-electron chi connectivity index (χ3n) is 3.22. The zero-order chi connectivity index (χ0) is 15.4. The fourth-order valence-electron chi connectivity index (χ4n) is 2.12. The first kappa shape index (κ1) is 14.1. The van der Waals surface area contributed by atoms with Gasteiger partial charge in [0.05, 0.1) is 0 Å². The van der Waals surface area contributed by atoms with Crippen LogP contribution in [0.3, 0.4) is 0 Å². The Kier molecular flexibility index (Phi) is 4.04. The Bertz CT molecular complexity index is 788. The van der Waals surface area contributed by atoms with Gasteiger partial charge in [-0.3, -0.25) is 9.48 Å². The van der Waals surface area contributed by atoms with Crippen molar-refractivity contribution < 1.29 is 9.18 Å². The van der Waals surface area contributed by atoms with E-state index in [2.05, 4.69) is 20.4 Å². The molecule has 0 aliphatic rings.